The van der Waals surface area contributed by atoms with Crippen LogP contribution in [0.4, 0.5) is 8.78 Å². The van der Waals surface area contributed by atoms with Gasteiger partial charge in [0.2, 0.25) is 0 Å². The van der Waals surface area contributed by atoms with Crippen LogP contribution >= 0.6 is 0 Å². The molecule has 1 rings (SSSR count). The second-order valence-corrected chi connectivity index (χ2v) is 3.27. The van der Waals surface area contributed by atoms with Gasteiger partial charge in [-0.05, 0) is 31.2 Å². The monoisotopic (exact) mass is 211 g/mol. The molecule has 0 aliphatic carbocycles. The molecular weight excluding hydrogens is 196 g/mol. The van der Waals surface area contributed by atoms with E-state index in [-0.39, 0.29) is 5.56 Å². The quantitative estimate of drug-likeness (QED) is 0.738. The van der Waals surface area contributed by atoms with Crippen molar-refractivity contribution < 1.29 is 8.78 Å². The Morgan fingerprint density at radius 1 is 1.33 bits per heavy atom. The Kier molecular flexibility index (Phi) is 4.98. The van der Waals surface area contributed by atoms with Crippen LogP contribution in [0, 0.1) is 11.6 Å². The molecule has 0 bridgehead atoms. The summed E-state index contributed by atoms with van der Waals surface area (Å²) in [7, 11) is 0. The molecule has 82 valence electrons. The van der Waals surface area contributed by atoms with Gasteiger partial charge in [0.05, 0.1) is 0 Å². The first-order chi connectivity index (χ1) is 7.24. The summed E-state index contributed by atoms with van der Waals surface area (Å²) in [5, 5.41) is 3.14. The first-order valence-electron chi connectivity index (χ1n) is 5.06. The average Bonchev–Trinajstić information content (AvgIpc) is 2.23. The number of halogens is 2. The van der Waals surface area contributed by atoms with E-state index >= 15 is 0 Å². The van der Waals surface area contributed by atoms with Gasteiger partial charge in [-0.15, -0.1) is 0 Å². The zero-order chi connectivity index (χ0) is 11.1. The molecule has 0 aliphatic heterocycles. The molecule has 0 saturated heterocycles. The second kappa shape index (κ2) is 6.30. The Hall–Kier alpha value is -1.22. The SMILES string of the molecule is CCCNCC=Cc1cc(F)ccc1F. The summed E-state index contributed by atoms with van der Waals surface area (Å²) < 4.78 is 25.9. The third-order valence-electron chi connectivity index (χ3n) is 1.94. The van der Waals surface area contributed by atoms with Crippen LogP contribution < -0.4 is 5.32 Å². The largest absolute Gasteiger partial charge is 0.313 e. The van der Waals surface area contributed by atoms with E-state index < -0.39 is 11.6 Å². The normalized spacial score (nSPS) is 11.1. The van der Waals surface area contributed by atoms with Crippen LogP contribution in [0.1, 0.15) is 18.9 Å². The fourth-order valence-corrected chi connectivity index (χ4v) is 1.19. The number of hydrogen-bond donors (Lipinski definition) is 1. The maximum absolute atomic E-state index is 13.1. The van der Waals surface area contributed by atoms with E-state index in [0.29, 0.717) is 6.54 Å². The smallest absolute Gasteiger partial charge is 0.130 e. The van der Waals surface area contributed by atoms with Crippen molar-refractivity contribution >= 4 is 6.08 Å². The minimum Gasteiger partial charge on any atom is -0.313 e. The third kappa shape index (κ3) is 4.21. The zero-order valence-electron chi connectivity index (χ0n) is 8.76. The van der Waals surface area contributed by atoms with Gasteiger partial charge in [-0.25, -0.2) is 8.78 Å². The summed E-state index contributed by atoms with van der Waals surface area (Å²) in [6.45, 7) is 3.67. The molecule has 0 heterocycles. The van der Waals surface area contributed by atoms with Gasteiger partial charge in [0.15, 0.2) is 0 Å². The fourth-order valence-electron chi connectivity index (χ4n) is 1.19. The van der Waals surface area contributed by atoms with Crippen molar-refractivity contribution in [3.8, 4) is 0 Å². The van der Waals surface area contributed by atoms with E-state index in [4.69, 9.17) is 0 Å². The Morgan fingerprint density at radius 2 is 2.13 bits per heavy atom. The predicted molar refractivity (Wildman–Crippen MR) is 58.6 cm³/mol. The van der Waals surface area contributed by atoms with Crippen molar-refractivity contribution in [1.29, 1.82) is 0 Å². The molecule has 0 radical (unpaired) electrons. The Bertz CT molecular complexity index is 334. The first kappa shape index (κ1) is 11.9. The average molecular weight is 211 g/mol. The lowest BCUT2D eigenvalue weighted by Gasteiger charge is -1.98. The Balaban J connectivity index is 2.52. The highest BCUT2D eigenvalue weighted by Gasteiger charge is 1.98. The standard InChI is InChI=1S/C12H15F2N/c1-2-7-15-8-3-4-10-9-11(13)5-6-12(10)14/h3-6,9,15H,2,7-8H2,1H3. The highest BCUT2D eigenvalue weighted by molar-refractivity contribution is 5.50. The van der Waals surface area contributed by atoms with E-state index in [0.717, 1.165) is 25.1 Å². The van der Waals surface area contributed by atoms with Gasteiger partial charge in [0, 0.05) is 12.1 Å². The van der Waals surface area contributed by atoms with E-state index in [1.54, 1.807) is 12.2 Å². The molecule has 3 heteroatoms. The lowest BCUT2D eigenvalue weighted by atomic mass is 10.2. The molecule has 0 atom stereocenters. The van der Waals surface area contributed by atoms with Gasteiger partial charge in [0.25, 0.3) is 0 Å². The van der Waals surface area contributed by atoms with E-state index in [1.165, 1.54) is 6.07 Å². The van der Waals surface area contributed by atoms with Crippen LogP contribution in [0.2, 0.25) is 0 Å². The maximum Gasteiger partial charge on any atom is 0.130 e. The summed E-state index contributed by atoms with van der Waals surface area (Å²) in [5.41, 5.74) is 0.285. The fraction of sp³-hybridized carbons (Fsp3) is 0.333. The second-order valence-electron chi connectivity index (χ2n) is 3.27. The summed E-state index contributed by atoms with van der Waals surface area (Å²) in [5.74, 6) is -0.819. The van der Waals surface area contributed by atoms with Gasteiger partial charge in [-0.2, -0.15) is 0 Å². The molecule has 0 amide bonds. The van der Waals surface area contributed by atoms with Crippen molar-refractivity contribution in [3.05, 3.63) is 41.5 Å². The van der Waals surface area contributed by atoms with Crippen LogP contribution in [0.5, 0.6) is 0 Å². The molecule has 0 saturated carbocycles. The molecule has 0 spiro atoms. The van der Waals surface area contributed by atoms with Crippen LogP contribution in [0.15, 0.2) is 24.3 Å². The van der Waals surface area contributed by atoms with Gasteiger partial charge >= 0.3 is 0 Å². The molecule has 1 aromatic carbocycles. The van der Waals surface area contributed by atoms with E-state index in [1.807, 2.05) is 0 Å². The number of benzene rings is 1. The highest BCUT2D eigenvalue weighted by atomic mass is 19.1. The van der Waals surface area contributed by atoms with Gasteiger partial charge in [-0.1, -0.05) is 19.1 Å². The molecule has 0 aliphatic rings. The lowest BCUT2D eigenvalue weighted by Crippen LogP contribution is -2.13. The number of nitrogens with one attached hydrogen (secondary N) is 1. The van der Waals surface area contributed by atoms with Crippen molar-refractivity contribution in [2.45, 2.75) is 13.3 Å². The summed E-state index contributed by atoms with van der Waals surface area (Å²) in [4.78, 5) is 0. The zero-order valence-corrected chi connectivity index (χ0v) is 8.76. The van der Waals surface area contributed by atoms with Gasteiger partial charge < -0.3 is 5.32 Å². The van der Waals surface area contributed by atoms with Crippen molar-refractivity contribution in [2.24, 2.45) is 0 Å². The summed E-state index contributed by atoms with van der Waals surface area (Å²) in [6.07, 6.45) is 4.43. The predicted octanol–water partition coefficient (Wildman–Crippen LogP) is 2.98. The maximum atomic E-state index is 13.1. The van der Waals surface area contributed by atoms with Crippen molar-refractivity contribution in [2.75, 3.05) is 13.1 Å². The molecular formula is C12H15F2N. The van der Waals surface area contributed by atoms with Crippen LogP contribution in [0.25, 0.3) is 6.08 Å². The van der Waals surface area contributed by atoms with E-state index in [2.05, 4.69) is 12.2 Å². The first-order valence-corrected chi connectivity index (χ1v) is 5.06. The molecule has 0 unspecified atom stereocenters. The van der Waals surface area contributed by atoms with Crippen molar-refractivity contribution in [3.63, 3.8) is 0 Å². The summed E-state index contributed by atoms with van der Waals surface area (Å²) >= 11 is 0. The number of rotatable bonds is 5. The molecule has 0 fully saturated rings. The Labute approximate surface area is 88.8 Å². The third-order valence-corrected chi connectivity index (χ3v) is 1.94. The minimum atomic E-state index is -0.419. The van der Waals surface area contributed by atoms with E-state index in [9.17, 15) is 8.78 Å². The minimum absolute atomic E-state index is 0.285. The molecule has 15 heavy (non-hydrogen) atoms. The van der Waals surface area contributed by atoms with Crippen LogP contribution in [-0.2, 0) is 0 Å². The lowest BCUT2D eigenvalue weighted by molar-refractivity contribution is 0.598. The van der Waals surface area contributed by atoms with Crippen LogP contribution in [0.3, 0.4) is 0 Å². The molecule has 0 aromatic heterocycles. The van der Waals surface area contributed by atoms with Crippen LogP contribution in [-0.4, -0.2) is 13.1 Å². The molecule has 1 aromatic rings. The highest BCUT2D eigenvalue weighted by Crippen LogP contribution is 2.10. The van der Waals surface area contributed by atoms with Crippen molar-refractivity contribution in [1.82, 2.24) is 5.32 Å². The molecule has 1 nitrogen and oxygen atoms in total. The number of hydrogen-bond acceptors (Lipinski definition) is 1. The molecule has 1 N–H and O–H groups in total. The summed E-state index contributed by atoms with van der Waals surface area (Å²) in [6, 6.07) is 3.43. The van der Waals surface area contributed by atoms with Gasteiger partial charge in [-0.3, -0.25) is 0 Å². The van der Waals surface area contributed by atoms with Gasteiger partial charge in [0.1, 0.15) is 11.6 Å². The topological polar surface area (TPSA) is 12.0 Å². The Morgan fingerprint density at radius 3 is 2.87 bits per heavy atom.